The summed E-state index contributed by atoms with van der Waals surface area (Å²) in [6.45, 7) is 1.50. The number of pyridine rings is 2. The van der Waals surface area contributed by atoms with Crippen molar-refractivity contribution in [1.82, 2.24) is 15.3 Å². The maximum atomic E-state index is 14.2. The van der Waals surface area contributed by atoms with Crippen LogP contribution in [0.1, 0.15) is 27.8 Å². The van der Waals surface area contributed by atoms with Crippen LogP contribution in [0.4, 0.5) is 23.2 Å². The fraction of sp³-hybridized carbons (Fsp3) is 0.312. The molecule has 2 aromatic rings. The number of anilines is 1. The molecule has 6 nitrogen and oxygen atoms in total. The van der Waals surface area contributed by atoms with Crippen molar-refractivity contribution >= 4 is 11.6 Å². The zero-order chi connectivity index (χ0) is 18.7. The van der Waals surface area contributed by atoms with Gasteiger partial charge in [0.15, 0.2) is 0 Å². The Hall–Kier alpha value is -2.59. The predicted molar refractivity (Wildman–Crippen MR) is 82.9 cm³/mol. The molecule has 1 aliphatic rings. The van der Waals surface area contributed by atoms with Crippen molar-refractivity contribution in [2.45, 2.75) is 12.3 Å². The van der Waals surface area contributed by atoms with Crippen LogP contribution in [0.15, 0.2) is 30.6 Å². The molecular formula is C16H14F4N4O2. The minimum absolute atomic E-state index is 0.0189. The van der Waals surface area contributed by atoms with Crippen LogP contribution >= 0.6 is 0 Å². The molecule has 1 amide bonds. The van der Waals surface area contributed by atoms with E-state index in [1.165, 1.54) is 6.20 Å². The van der Waals surface area contributed by atoms with Crippen molar-refractivity contribution in [3.8, 4) is 0 Å². The van der Waals surface area contributed by atoms with Crippen LogP contribution in [0.5, 0.6) is 0 Å². The third-order valence-electron chi connectivity index (χ3n) is 3.67. The standard InChI is InChI=1S/C16H14F4N4O2/c17-11-6-10(7-23-14(11)12-8-21-3-4-26-12)24-15(25)9-1-2-22-13(5-9)16(18,19)20/h1-2,5-7,12,21H,3-4,8H2,(H,24,25). The lowest BCUT2D eigenvalue weighted by atomic mass is 10.2. The van der Waals surface area contributed by atoms with Gasteiger partial charge in [-0.1, -0.05) is 0 Å². The van der Waals surface area contributed by atoms with E-state index in [0.29, 0.717) is 25.8 Å². The number of aromatic nitrogens is 2. The monoisotopic (exact) mass is 370 g/mol. The lowest BCUT2D eigenvalue weighted by molar-refractivity contribution is -0.141. The highest BCUT2D eigenvalue weighted by Crippen LogP contribution is 2.28. The Bertz CT molecular complexity index is 807. The zero-order valence-corrected chi connectivity index (χ0v) is 13.3. The molecule has 3 rings (SSSR count). The maximum absolute atomic E-state index is 14.2. The fourth-order valence-corrected chi connectivity index (χ4v) is 2.42. The molecule has 10 heteroatoms. The third kappa shape index (κ3) is 4.14. The minimum atomic E-state index is -4.67. The van der Waals surface area contributed by atoms with Gasteiger partial charge < -0.3 is 15.4 Å². The number of hydrogen-bond acceptors (Lipinski definition) is 5. The van der Waals surface area contributed by atoms with Gasteiger partial charge in [-0.15, -0.1) is 0 Å². The summed E-state index contributed by atoms with van der Waals surface area (Å²) in [4.78, 5) is 19.2. The lowest BCUT2D eigenvalue weighted by Crippen LogP contribution is -2.34. The first-order valence-corrected chi connectivity index (χ1v) is 7.67. The number of carbonyl (C=O) groups excluding carboxylic acids is 1. The van der Waals surface area contributed by atoms with Gasteiger partial charge in [0.1, 0.15) is 23.3 Å². The Labute approximate surface area is 145 Å². The fourth-order valence-electron chi connectivity index (χ4n) is 2.42. The first-order valence-electron chi connectivity index (χ1n) is 7.67. The second kappa shape index (κ2) is 7.34. The molecule has 2 N–H and O–H groups in total. The number of nitrogens with zero attached hydrogens (tertiary/aromatic N) is 2. The molecular weight excluding hydrogens is 356 g/mol. The van der Waals surface area contributed by atoms with Gasteiger partial charge in [0, 0.05) is 30.9 Å². The second-order valence-corrected chi connectivity index (χ2v) is 5.54. The van der Waals surface area contributed by atoms with Crippen molar-refractivity contribution in [2.75, 3.05) is 25.0 Å². The first kappa shape index (κ1) is 18.2. The van der Waals surface area contributed by atoms with Crippen molar-refractivity contribution in [3.05, 3.63) is 53.4 Å². The summed E-state index contributed by atoms with van der Waals surface area (Å²) >= 11 is 0. The summed E-state index contributed by atoms with van der Waals surface area (Å²) in [5.41, 5.74) is -1.33. The van der Waals surface area contributed by atoms with Gasteiger partial charge in [-0.25, -0.2) is 4.39 Å². The molecule has 1 fully saturated rings. The van der Waals surface area contributed by atoms with Crippen LogP contribution in [0.3, 0.4) is 0 Å². The average Bonchev–Trinajstić information content (AvgIpc) is 2.62. The molecule has 26 heavy (non-hydrogen) atoms. The number of amides is 1. The molecule has 0 spiro atoms. The van der Waals surface area contributed by atoms with E-state index in [-0.39, 0.29) is 16.9 Å². The first-order chi connectivity index (χ1) is 12.3. The van der Waals surface area contributed by atoms with Gasteiger partial charge in [0.25, 0.3) is 5.91 Å². The number of alkyl halides is 3. The lowest BCUT2D eigenvalue weighted by Gasteiger charge is -2.23. The third-order valence-corrected chi connectivity index (χ3v) is 3.67. The summed E-state index contributed by atoms with van der Waals surface area (Å²) in [6, 6.07) is 2.79. The predicted octanol–water partition coefficient (Wildman–Crippen LogP) is 2.55. The summed E-state index contributed by atoms with van der Waals surface area (Å²) in [6.07, 6.45) is -3.10. The topological polar surface area (TPSA) is 76.1 Å². The molecule has 1 aliphatic heterocycles. The number of morpholine rings is 1. The van der Waals surface area contributed by atoms with Gasteiger partial charge in [-0.3, -0.25) is 14.8 Å². The van der Waals surface area contributed by atoms with Crippen LogP contribution in [0, 0.1) is 5.82 Å². The largest absolute Gasteiger partial charge is 0.433 e. The van der Waals surface area contributed by atoms with Crippen molar-refractivity contribution in [2.24, 2.45) is 0 Å². The number of halogens is 4. The number of hydrogen-bond donors (Lipinski definition) is 2. The van der Waals surface area contributed by atoms with Crippen molar-refractivity contribution < 1.29 is 27.1 Å². The highest BCUT2D eigenvalue weighted by Gasteiger charge is 2.33. The smallest absolute Gasteiger partial charge is 0.369 e. The van der Waals surface area contributed by atoms with Gasteiger partial charge in [0.05, 0.1) is 18.5 Å². The Morgan fingerprint density at radius 2 is 2.12 bits per heavy atom. The molecule has 2 aromatic heterocycles. The molecule has 3 heterocycles. The van der Waals surface area contributed by atoms with Crippen molar-refractivity contribution in [3.63, 3.8) is 0 Å². The highest BCUT2D eigenvalue weighted by atomic mass is 19.4. The SMILES string of the molecule is O=C(Nc1cnc(C2CNCCO2)c(F)c1)c1ccnc(C(F)(F)F)c1. The Morgan fingerprint density at radius 3 is 2.77 bits per heavy atom. The van der Waals surface area contributed by atoms with Crippen LogP contribution < -0.4 is 10.6 Å². The molecule has 1 saturated heterocycles. The average molecular weight is 370 g/mol. The molecule has 138 valence electrons. The molecule has 1 unspecified atom stereocenters. The molecule has 0 saturated carbocycles. The Kier molecular flexibility index (Phi) is 5.14. The highest BCUT2D eigenvalue weighted by molar-refractivity contribution is 6.04. The minimum Gasteiger partial charge on any atom is -0.369 e. The molecule has 0 aromatic carbocycles. The maximum Gasteiger partial charge on any atom is 0.433 e. The number of carbonyl (C=O) groups is 1. The van der Waals surface area contributed by atoms with E-state index in [1.54, 1.807) is 0 Å². The zero-order valence-electron chi connectivity index (χ0n) is 13.3. The van der Waals surface area contributed by atoms with E-state index in [1.807, 2.05) is 0 Å². The Balaban J connectivity index is 1.74. The van der Waals surface area contributed by atoms with Gasteiger partial charge >= 0.3 is 6.18 Å². The van der Waals surface area contributed by atoms with E-state index in [0.717, 1.165) is 18.3 Å². The number of rotatable bonds is 3. The summed E-state index contributed by atoms with van der Waals surface area (Å²) < 4.78 is 57.6. The van der Waals surface area contributed by atoms with Crippen molar-refractivity contribution in [1.29, 1.82) is 0 Å². The summed E-state index contributed by atoms with van der Waals surface area (Å²) in [7, 11) is 0. The summed E-state index contributed by atoms with van der Waals surface area (Å²) in [5, 5.41) is 5.36. The van der Waals surface area contributed by atoms with Gasteiger partial charge in [0.2, 0.25) is 0 Å². The van der Waals surface area contributed by atoms with Gasteiger partial charge in [-0.2, -0.15) is 13.2 Å². The van der Waals surface area contributed by atoms with Crippen LogP contribution in [-0.2, 0) is 10.9 Å². The Morgan fingerprint density at radius 1 is 1.31 bits per heavy atom. The normalized spacial score (nSPS) is 17.8. The quantitative estimate of drug-likeness (QED) is 0.813. The molecule has 0 bridgehead atoms. The van der Waals surface area contributed by atoms with E-state index in [9.17, 15) is 22.4 Å². The van der Waals surface area contributed by atoms with E-state index >= 15 is 0 Å². The van der Waals surface area contributed by atoms with Crippen LogP contribution in [0.2, 0.25) is 0 Å². The number of nitrogens with one attached hydrogen (secondary N) is 2. The van der Waals surface area contributed by atoms with E-state index < -0.39 is 29.7 Å². The second-order valence-electron chi connectivity index (χ2n) is 5.54. The molecule has 0 aliphatic carbocycles. The summed E-state index contributed by atoms with van der Waals surface area (Å²) in [5.74, 6) is -1.51. The van der Waals surface area contributed by atoms with Gasteiger partial charge in [-0.05, 0) is 12.1 Å². The van der Waals surface area contributed by atoms with Crippen LogP contribution in [0.25, 0.3) is 0 Å². The van der Waals surface area contributed by atoms with E-state index in [4.69, 9.17) is 4.74 Å². The number of ether oxygens (including phenoxy) is 1. The van der Waals surface area contributed by atoms with E-state index in [2.05, 4.69) is 20.6 Å². The molecule has 1 atom stereocenters. The van der Waals surface area contributed by atoms with Crippen LogP contribution in [-0.4, -0.2) is 35.6 Å². The molecule has 0 radical (unpaired) electrons.